The van der Waals surface area contributed by atoms with Gasteiger partial charge in [-0.05, 0) is 18.2 Å². The normalized spacial score (nSPS) is 16.9. The molecule has 102 valence electrons. The summed E-state index contributed by atoms with van der Waals surface area (Å²) in [6.07, 6.45) is 0. The minimum atomic E-state index is -0.957. The lowest BCUT2D eigenvalue weighted by atomic mass is 10.1. The van der Waals surface area contributed by atoms with Gasteiger partial charge in [0.2, 0.25) is 5.79 Å². The first-order valence-electron chi connectivity index (χ1n) is 5.50. The van der Waals surface area contributed by atoms with E-state index in [1.165, 1.54) is 7.11 Å². The zero-order valence-electron chi connectivity index (χ0n) is 10.6. The average molecular weight is 303 g/mol. The molecule has 0 bridgehead atoms. The summed E-state index contributed by atoms with van der Waals surface area (Å²) in [5.41, 5.74) is 0.525. The third-order valence-corrected chi connectivity index (χ3v) is 3.00. The Bertz CT molecular complexity index is 564. The maximum absolute atomic E-state index is 11.7. The highest BCUT2D eigenvalue weighted by atomic mass is 35.5. The van der Waals surface area contributed by atoms with E-state index in [2.05, 4.69) is 4.74 Å². The number of benzene rings is 1. The monoisotopic (exact) mass is 302 g/mol. The van der Waals surface area contributed by atoms with Crippen molar-refractivity contribution in [3.63, 3.8) is 0 Å². The minimum absolute atomic E-state index is 0.00303. The second kappa shape index (κ2) is 4.94. The maximum Gasteiger partial charge on any atom is 0.377 e. The van der Waals surface area contributed by atoms with Crippen molar-refractivity contribution in [3.8, 4) is 0 Å². The first-order valence-corrected chi connectivity index (χ1v) is 6.25. The third kappa shape index (κ3) is 2.80. The molecule has 1 aliphatic heterocycles. The number of ether oxygens (including phenoxy) is 3. The van der Waals surface area contributed by atoms with Crippen LogP contribution >= 0.6 is 23.2 Å². The molecule has 0 fully saturated rings. The number of hydrogen-bond donors (Lipinski definition) is 0. The highest BCUT2D eigenvalue weighted by Crippen LogP contribution is 2.39. The van der Waals surface area contributed by atoms with Crippen molar-refractivity contribution in [1.29, 1.82) is 0 Å². The topological polar surface area (TPSA) is 44.8 Å². The molecule has 0 aliphatic carbocycles. The molecule has 6 heteroatoms. The number of halogens is 2. The highest BCUT2D eigenvalue weighted by Gasteiger charge is 2.39. The number of methoxy groups -OCH3 is 1. The second-order valence-electron chi connectivity index (χ2n) is 4.38. The van der Waals surface area contributed by atoms with E-state index in [0.717, 1.165) is 0 Å². The molecule has 0 saturated carbocycles. The quantitative estimate of drug-likeness (QED) is 0.783. The van der Waals surface area contributed by atoms with E-state index in [1.54, 1.807) is 32.0 Å². The molecule has 0 radical (unpaired) electrons. The molecule has 1 aromatic carbocycles. The van der Waals surface area contributed by atoms with E-state index in [-0.39, 0.29) is 11.5 Å². The molecule has 0 atom stereocenters. The summed E-state index contributed by atoms with van der Waals surface area (Å²) >= 11 is 12.0. The Kier molecular flexibility index (Phi) is 3.65. The van der Waals surface area contributed by atoms with Crippen molar-refractivity contribution in [2.24, 2.45) is 0 Å². The Morgan fingerprint density at radius 3 is 2.53 bits per heavy atom. The average Bonchev–Trinajstić information content (AvgIpc) is 2.64. The maximum atomic E-state index is 11.7. The molecule has 0 spiro atoms. The second-order valence-corrected chi connectivity index (χ2v) is 5.22. The fourth-order valence-electron chi connectivity index (χ4n) is 1.68. The summed E-state index contributed by atoms with van der Waals surface area (Å²) < 4.78 is 15.7. The molecule has 0 unspecified atom stereocenters. The van der Waals surface area contributed by atoms with Crippen LogP contribution < -0.4 is 0 Å². The fourth-order valence-corrected chi connectivity index (χ4v) is 2.18. The zero-order valence-corrected chi connectivity index (χ0v) is 12.1. The number of hydrogen-bond acceptors (Lipinski definition) is 4. The minimum Gasteiger partial charge on any atom is -0.463 e. The fraction of sp³-hybridized carbons (Fsp3) is 0.308. The summed E-state index contributed by atoms with van der Waals surface area (Å²) in [6, 6.07) is 4.88. The van der Waals surface area contributed by atoms with Crippen LogP contribution in [0.1, 0.15) is 19.4 Å². The van der Waals surface area contributed by atoms with Crippen LogP contribution in [0.4, 0.5) is 0 Å². The zero-order chi connectivity index (χ0) is 14.2. The van der Waals surface area contributed by atoms with Gasteiger partial charge in [0.25, 0.3) is 5.76 Å². The molecule has 0 amide bonds. The van der Waals surface area contributed by atoms with Crippen molar-refractivity contribution in [3.05, 3.63) is 39.6 Å². The van der Waals surface area contributed by atoms with E-state index in [9.17, 15) is 4.79 Å². The molecule has 4 nitrogen and oxygen atoms in total. The largest absolute Gasteiger partial charge is 0.463 e. The highest BCUT2D eigenvalue weighted by molar-refractivity contribution is 6.35. The Balaban J connectivity index is 2.52. The first-order chi connectivity index (χ1) is 8.84. The molecular weight excluding hydrogens is 291 g/mol. The van der Waals surface area contributed by atoms with E-state index >= 15 is 0 Å². The summed E-state index contributed by atoms with van der Waals surface area (Å²) in [4.78, 5) is 11.7. The summed E-state index contributed by atoms with van der Waals surface area (Å²) in [6.45, 7) is 3.37. The lowest BCUT2D eigenvalue weighted by Gasteiger charge is -2.18. The molecule has 0 N–H and O–H groups in total. The van der Waals surface area contributed by atoms with E-state index in [1.807, 2.05) is 0 Å². The number of esters is 1. The van der Waals surface area contributed by atoms with Crippen LogP contribution in [0.3, 0.4) is 0 Å². The number of carbonyl (C=O) groups excluding carboxylic acids is 1. The van der Waals surface area contributed by atoms with Crippen LogP contribution in [0.15, 0.2) is 24.0 Å². The van der Waals surface area contributed by atoms with Gasteiger partial charge in [-0.2, -0.15) is 0 Å². The summed E-state index contributed by atoms with van der Waals surface area (Å²) in [7, 11) is 1.27. The van der Waals surface area contributed by atoms with Crippen LogP contribution in [0, 0.1) is 0 Å². The van der Waals surface area contributed by atoms with Crippen molar-refractivity contribution in [1.82, 2.24) is 0 Å². The third-order valence-electron chi connectivity index (χ3n) is 2.45. The van der Waals surface area contributed by atoms with Gasteiger partial charge in [-0.25, -0.2) is 4.79 Å². The van der Waals surface area contributed by atoms with Crippen LogP contribution in [0.5, 0.6) is 0 Å². The van der Waals surface area contributed by atoms with Crippen molar-refractivity contribution >= 4 is 34.9 Å². The molecule has 19 heavy (non-hydrogen) atoms. The standard InChI is InChI=1S/C13H12Cl2O4/c1-13(2)18-10(11(19-13)12(16)17-3)8-5-4-7(14)6-9(8)15/h4-6H,1-3H3. The lowest BCUT2D eigenvalue weighted by molar-refractivity contribution is -0.150. The summed E-state index contributed by atoms with van der Waals surface area (Å²) in [5, 5.41) is 0.859. The van der Waals surface area contributed by atoms with Crippen LogP contribution in [0.2, 0.25) is 10.0 Å². The van der Waals surface area contributed by atoms with Gasteiger partial charge < -0.3 is 14.2 Å². The predicted molar refractivity (Wildman–Crippen MR) is 71.6 cm³/mol. The SMILES string of the molecule is COC(=O)C1=C(c2ccc(Cl)cc2Cl)OC(C)(C)O1. The summed E-state index contributed by atoms with van der Waals surface area (Å²) in [5.74, 6) is -1.33. The lowest BCUT2D eigenvalue weighted by Crippen LogP contribution is -2.22. The van der Waals surface area contributed by atoms with Crippen LogP contribution in [-0.4, -0.2) is 18.9 Å². The Hall–Kier alpha value is -1.39. The number of carbonyl (C=O) groups is 1. The Morgan fingerprint density at radius 2 is 1.95 bits per heavy atom. The molecule has 0 aromatic heterocycles. The first kappa shape index (κ1) is 14.0. The van der Waals surface area contributed by atoms with Crippen molar-refractivity contribution in [2.45, 2.75) is 19.6 Å². The van der Waals surface area contributed by atoms with Gasteiger partial charge in [0, 0.05) is 24.4 Å². The number of rotatable bonds is 2. The molecular formula is C13H12Cl2O4. The van der Waals surface area contributed by atoms with Crippen molar-refractivity contribution < 1.29 is 19.0 Å². The van der Waals surface area contributed by atoms with Gasteiger partial charge in [-0.3, -0.25) is 0 Å². The molecule has 1 aromatic rings. The molecule has 1 aliphatic rings. The van der Waals surface area contributed by atoms with Gasteiger partial charge in [0.1, 0.15) is 0 Å². The molecule has 1 heterocycles. The predicted octanol–water partition coefficient (Wildman–Crippen LogP) is 3.62. The van der Waals surface area contributed by atoms with Gasteiger partial charge in [-0.1, -0.05) is 23.2 Å². The van der Waals surface area contributed by atoms with E-state index in [0.29, 0.717) is 15.6 Å². The smallest absolute Gasteiger partial charge is 0.377 e. The van der Waals surface area contributed by atoms with Crippen LogP contribution in [0.25, 0.3) is 5.76 Å². The van der Waals surface area contributed by atoms with Gasteiger partial charge in [0.05, 0.1) is 12.1 Å². The van der Waals surface area contributed by atoms with Gasteiger partial charge in [-0.15, -0.1) is 0 Å². The van der Waals surface area contributed by atoms with Gasteiger partial charge in [0.15, 0.2) is 5.76 Å². The van der Waals surface area contributed by atoms with Gasteiger partial charge >= 0.3 is 5.97 Å². The Labute approximate surface area is 120 Å². The van der Waals surface area contributed by atoms with Crippen LogP contribution in [-0.2, 0) is 19.0 Å². The Morgan fingerprint density at radius 1 is 1.26 bits per heavy atom. The van der Waals surface area contributed by atoms with Crippen molar-refractivity contribution in [2.75, 3.05) is 7.11 Å². The molecule has 2 rings (SSSR count). The van der Waals surface area contributed by atoms with E-state index in [4.69, 9.17) is 32.7 Å². The molecule has 0 saturated heterocycles. The van der Waals surface area contributed by atoms with E-state index < -0.39 is 11.8 Å².